The van der Waals surface area contributed by atoms with Crippen molar-refractivity contribution in [2.45, 2.75) is 17.5 Å². The molecule has 0 bridgehead atoms. The highest BCUT2D eigenvalue weighted by Crippen LogP contribution is 2.30. The molecule has 0 radical (unpaired) electrons. The van der Waals surface area contributed by atoms with Crippen LogP contribution in [-0.4, -0.2) is 40.8 Å². The van der Waals surface area contributed by atoms with Crippen molar-refractivity contribution in [1.29, 1.82) is 0 Å². The molecule has 0 saturated carbocycles. The van der Waals surface area contributed by atoms with Crippen LogP contribution in [0.2, 0.25) is 0 Å². The predicted molar refractivity (Wildman–Crippen MR) is 94.9 cm³/mol. The number of benzene rings is 2. The maximum absolute atomic E-state index is 13.8. The van der Waals surface area contributed by atoms with E-state index in [9.17, 15) is 17.2 Å². The van der Waals surface area contributed by atoms with Gasteiger partial charge in [-0.3, -0.25) is 0 Å². The zero-order valence-electron chi connectivity index (χ0n) is 14.6. The third-order valence-corrected chi connectivity index (χ3v) is 6.29. The van der Waals surface area contributed by atoms with E-state index < -0.39 is 26.6 Å². The monoisotopic (exact) mass is 406 g/mol. The molecular weight excluding hydrogens is 390 g/mol. The topological polar surface area (TPSA) is 77.3 Å². The summed E-state index contributed by atoms with van der Waals surface area (Å²) < 4.78 is 60.8. The zero-order chi connectivity index (χ0) is 19.7. The van der Waals surface area contributed by atoms with E-state index in [1.165, 1.54) is 4.68 Å². The number of hydrogen-bond donors (Lipinski definition) is 0. The number of para-hydroxylation sites is 1. The second-order valence-corrected chi connectivity index (χ2v) is 8.19. The first-order valence-electron chi connectivity index (χ1n) is 8.48. The maximum Gasteiger partial charge on any atom is 0.249 e. The molecular formula is C18H16F2N4O3S. The van der Waals surface area contributed by atoms with Crippen molar-refractivity contribution in [2.75, 3.05) is 13.1 Å². The van der Waals surface area contributed by atoms with Crippen molar-refractivity contribution in [1.82, 2.24) is 19.3 Å². The van der Waals surface area contributed by atoms with Gasteiger partial charge in [0.2, 0.25) is 10.0 Å². The Balaban J connectivity index is 1.40. The summed E-state index contributed by atoms with van der Waals surface area (Å²) in [4.78, 5) is -0.927. The Morgan fingerprint density at radius 3 is 2.39 bits per heavy atom. The lowest BCUT2D eigenvalue weighted by atomic mass is 10.2. The van der Waals surface area contributed by atoms with Gasteiger partial charge < -0.3 is 4.74 Å². The fourth-order valence-electron chi connectivity index (χ4n) is 2.87. The van der Waals surface area contributed by atoms with Gasteiger partial charge in [0.1, 0.15) is 29.7 Å². The van der Waals surface area contributed by atoms with Gasteiger partial charge in [0.05, 0.1) is 12.2 Å². The summed E-state index contributed by atoms with van der Waals surface area (Å²) in [5, 5.41) is 8.00. The Hall–Kier alpha value is -2.85. The number of halogens is 2. The van der Waals surface area contributed by atoms with Crippen molar-refractivity contribution < 1.29 is 21.9 Å². The van der Waals surface area contributed by atoms with Crippen LogP contribution < -0.4 is 4.74 Å². The minimum atomic E-state index is -4.25. The number of nitrogens with zero attached hydrogens (tertiary/aromatic N) is 4. The minimum Gasteiger partial charge on any atom is -0.487 e. The molecule has 0 spiro atoms. The molecule has 2 heterocycles. The summed E-state index contributed by atoms with van der Waals surface area (Å²) in [5.74, 6) is -1.51. The first kappa shape index (κ1) is 18.5. The highest BCUT2D eigenvalue weighted by molar-refractivity contribution is 7.89. The first-order valence-corrected chi connectivity index (χ1v) is 9.92. The molecule has 1 aliphatic heterocycles. The van der Waals surface area contributed by atoms with Crippen LogP contribution in [0.3, 0.4) is 0 Å². The minimum absolute atomic E-state index is 0.0540. The average molecular weight is 406 g/mol. The van der Waals surface area contributed by atoms with Crippen molar-refractivity contribution in [3.05, 3.63) is 72.1 Å². The summed E-state index contributed by atoms with van der Waals surface area (Å²) >= 11 is 0. The van der Waals surface area contributed by atoms with Gasteiger partial charge >= 0.3 is 0 Å². The summed E-state index contributed by atoms with van der Waals surface area (Å²) in [6.07, 6.45) is 1.67. The van der Waals surface area contributed by atoms with Crippen LogP contribution in [0.1, 0.15) is 11.7 Å². The summed E-state index contributed by atoms with van der Waals surface area (Å²) in [7, 11) is -4.25. The molecule has 28 heavy (non-hydrogen) atoms. The number of sulfonamides is 1. The SMILES string of the molecule is O=S(=O)(c1c(F)cccc1F)N1CC(n2cc(COc3ccccc3)nn2)C1. The van der Waals surface area contributed by atoms with Crippen LogP contribution in [-0.2, 0) is 16.6 Å². The third kappa shape index (κ3) is 3.48. The molecule has 4 rings (SSSR count). The summed E-state index contributed by atoms with van der Waals surface area (Å²) in [6.45, 7) is 0.329. The maximum atomic E-state index is 13.8. The van der Waals surface area contributed by atoms with Gasteiger partial charge in [0, 0.05) is 13.1 Å². The number of hydrogen-bond acceptors (Lipinski definition) is 5. The highest BCUT2D eigenvalue weighted by Gasteiger charge is 2.40. The van der Waals surface area contributed by atoms with E-state index in [-0.39, 0.29) is 25.7 Å². The van der Waals surface area contributed by atoms with Gasteiger partial charge in [-0.2, -0.15) is 4.31 Å². The van der Waals surface area contributed by atoms with E-state index in [0.29, 0.717) is 11.4 Å². The van der Waals surface area contributed by atoms with Crippen LogP contribution in [0.25, 0.3) is 0 Å². The molecule has 0 aliphatic carbocycles. The molecule has 146 valence electrons. The molecule has 0 atom stereocenters. The normalized spacial score (nSPS) is 15.4. The van der Waals surface area contributed by atoms with E-state index >= 15 is 0 Å². The van der Waals surface area contributed by atoms with Crippen LogP contribution in [0.4, 0.5) is 8.78 Å². The van der Waals surface area contributed by atoms with Gasteiger partial charge in [-0.05, 0) is 24.3 Å². The van der Waals surface area contributed by atoms with Gasteiger partial charge in [-0.1, -0.05) is 29.5 Å². The van der Waals surface area contributed by atoms with Crippen molar-refractivity contribution >= 4 is 10.0 Å². The third-order valence-electron chi connectivity index (χ3n) is 4.41. The molecule has 1 saturated heterocycles. The highest BCUT2D eigenvalue weighted by atomic mass is 32.2. The van der Waals surface area contributed by atoms with Crippen LogP contribution >= 0.6 is 0 Å². The molecule has 0 amide bonds. The van der Waals surface area contributed by atoms with Crippen LogP contribution in [0.15, 0.2) is 59.6 Å². The van der Waals surface area contributed by atoms with Crippen molar-refractivity contribution in [3.63, 3.8) is 0 Å². The lowest BCUT2D eigenvalue weighted by Gasteiger charge is -2.37. The fourth-order valence-corrected chi connectivity index (χ4v) is 4.49. The van der Waals surface area contributed by atoms with Gasteiger partial charge in [0.15, 0.2) is 4.90 Å². The lowest BCUT2D eigenvalue weighted by Crippen LogP contribution is -2.51. The van der Waals surface area contributed by atoms with Gasteiger partial charge in [-0.25, -0.2) is 21.9 Å². The lowest BCUT2D eigenvalue weighted by molar-refractivity contribution is 0.187. The molecule has 1 fully saturated rings. The molecule has 1 aliphatic rings. The largest absolute Gasteiger partial charge is 0.487 e. The first-order chi connectivity index (χ1) is 13.4. The summed E-state index contributed by atoms with van der Waals surface area (Å²) in [6, 6.07) is 11.9. The van der Waals surface area contributed by atoms with E-state index in [1.807, 2.05) is 30.3 Å². The Labute approximate surface area is 160 Å². The fraction of sp³-hybridized carbons (Fsp3) is 0.222. The second-order valence-electron chi connectivity index (χ2n) is 6.32. The van der Waals surface area contributed by atoms with E-state index in [0.717, 1.165) is 22.5 Å². The number of rotatable bonds is 6. The average Bonchev–Trinajstić information content (AvgIpc) is 3.07. The van der Waals surface area contributed by atoms with Crippen LogP contribution in [0.5, 0.6) is 5.75 Å². The van der Waals surface area contributed by atoms with Crippen molar-refractivity contribution in [3.8, 4) is 5.75 Å². The Bertz CT molecular complexity index is 1060. The van der Waals surface area contributed by atoms with Gasteiger partial charge in [-0.15, -0.1) is 5.10 Å². The standard InChI is InChI=1S/C18H16F2N4O3S/c19-16-7-4-8-17(20)18(16)28(25,26)23-10-14(11-23)24-9-13(21-22-24)12-27-15-5-2-1-3-6-15/h1-9,14H,10-12H2. The quantitative estimate of drug-likeness (QED) is 0.628. The summed E-state index contributed by atoms with van der Waals surface area (Å²) in [5.41, 5.74) is 0.588. The molecule has 1 aromatic heterocycles. The predicted octanol–water partition coefficient (Wildman–Crippen LogP) is 2.38. The molecule has 0 N–H and O–H groups in total. The molecule has 7 nitrogen and oxygen atoms in total. The molecule has 10 heteroatoms. The smallest absolute Gasteiger partial charge is 0.249 e. The number of aromatic nitrogens is 3. The molecule has 2 aromatic carbocycles. The van der Waals surface area contributed by atoms with E-state index in [4.69, 9.17) is 4.74 Å². The second kappa shape index (κ2) is 7.28. The Kier molecular flexibility index (Phi) is 4.82. The van der Waals surface area contributed by atoms with E-state index in [2.05, 4.69) is 10.3 Å². The van der Waals surface area contributed by atoms with Gasteiger partial charge in [0.25, 0.3) is 0 Å². The number of ether oxygens (including phenoxy) is 1. The molecule has 3 aromatic rings. The van der Waals surface area contributed by atoms with Crippen molar-refractivity contribution in [2.24, 2.45) is 0 Å². The molecule has 0 unspecified atom stereocenters. The van der Waals surface area contributed by atoms with Crippen LogP contribution in [0, 0.1) is 11.6 Å². The zero-order valence-corrected chi connectivity index (χ0v) is 15.4. The van der Waals surface area contributed by atoms with E-state index in [1.54, 1.807) is 6.20 Å². The Morgan fingerprint density at radius 2 is 1.71 bits per heavy atom. The Morgan fingerprint density at radius 1 is 1.04 bits per heavy atom.